The fourth-order valence-electron chi connectivity index (χ4n) is 2.96. The van der Waals surface area contributed by atoms with E-state index in [2.05, 4.69) is 0 Å². The molecule has 0 radical (unpaired) electrons. The summed E-state index contributed by atoms with van der Waals surface area (Å²) < 4.78 is 5.24. The lowest BCUT2D eigenvalue weighted by atomic mass is 10.0. The minimum absolute atomic E-state index is 0.0347. The average molecular weight is 308 g/mol. The highest BCUT2D eigenvalue weighted by Gasteiger charge is 2.26. The lowest BCUT2D eigenvalue weighted by Crippen LogP contribution is -2.02. The van der Waals surface area contributed by atoms with Crippen molar-refractivity contribution in [1.29, 1.82) is 0 Å². The number of carboxylic acid groups (broad SMARTS) is 1. The summed E-state index contributed by atoms with van der Waals surface area (Å²) in [5.41, 5.74) is 4.08. The van der Waals surface area contributed by atoms with E-state index in [0.29, 0.717) is 12.0 Å². The van der Waals surface area contributed by atoms with Crippen LogP contribution in [0, 0.1) is 6.92 Å². The smallest absolute Gasteiger partial charge is 0.303 e. The first-order chi connectivity index (χ1) is 11.1. The lowest BCUT2D eigenvalue weighted by Gasteiger charge is -2.01. The van der Waals surface area contributed by atoms with E-state index < -0.39 is 5.97 Å². The molecule has 2 aliphatic carbocycles. The molecule has 4 nitrogen and oxygen atoms in total. The molecule has 1 N–H and O–H groups in total. The molecule has 1 aromatic heterocycles. The second kappa shape index (κ2) is 6.08. The second-order valence-electron chi connectivity index (χ2n) is 5.42. The molecule has 23 heavy (non-hydrogen) atoms. The van der Waals surface area contributed by atoms with Gasteiger partial charge in [-0.2, -0.15) is 0 Å². The standard InChI is InChI=1S/C19H16O4/c1-12-13(9-10-17(20)21)14-6-3-2-4-7-15(14)18(12)19(22)16-8-5-11-23-16/h2-8,11H,9-10H2,1H3,(H,20,21). The molecule has 2 aliphatic rings. The fourth-order valence-corrected chi connectivity index (χ4v) is 2.96. The topological polar surface area (TPSA) is 67.5 Å². The highest BCUT2D eigenvalue weighted by atomic mass is 16.4. The van der Waals surface area contributed by atoms with Crippen LogP contribution >= 0.6 is 0 Å². The monoisotopic (exact) mass is 308 g/mol. The molecular formula is C19H16O4. The van der Waals surface area contributed by atoms with E-state index >= 15 is 0 Å². The van der Waals surface area contributed by atoms with Gasteiger partial charge in [-0.3, -0.25) is 9.59 Å². The maximum atomic E-state index is 12.8. The van der Waals surface area contributed by atoms with Crippen LogP contribution in [0.5, 0.6) is 0 Å². The minimum atomic E-state index is -0.849. The zero-order chi connectivity index (χ0) is 16.4. The number of ketones is 1. The molecule has 4 heteroatoms. The summed E-state index contributed by atoms with van der Waals surface area (Å²) in [7, 11) is 0. The summed E-state index contributed by atoms with van der Waals surface area (Å²) in [4.78, 5) is 23.7. The Morgan fingerprint density at radius 3 is 2.43 bits per heavy atom. The van der Waals surface area contributed by atoms with Crippen molar-refractivity contribution in [3.8, 4) is 11.1 Å². The Morgan fingerprint density at radius 2 is 1.78 bits per heavy atom. The Kier molecular flexibility index (Phi) is 3.98. The third-order valence-electron chi connectivity index (χ3n) is 4.02. The van der Waals surface area contributed by atoms with Crippen LogP contribution in [0.2, 0.25) is 0 Å². The van der Waals surface area contributed by atoms with Gasteiger partial charge in [0.05, 0.1) is 6.26 Å². The van der Waals surface area contributed by atoms with Crippen molar-refractivity contribution in [2.24, 2.45) is 0 Å². The van der Waals surface area contributed by atoms with E-state index in [-0.39, 0.29) is 18.0 Å². The first kappa shape index (κ1) is 15.0. The van der Waals surface area contributed by atoms with Crippen LogP contribution in [0.15, 0.2) is 53.1 Å². The van der Waals surface area contributed by atoms with Crippen LogP contribution in [-0.2, 0) is 11.2 Å². The van der Waals surface area contributed by atoms with E-state index in [1.54, 1.807) is 12.1 Å². The van der Waals surface area contributed by atoms with Crippen LogP contribution in [-0.4, -0.2) is 16.9 Å². The van der Waals surface area contributed by atoms with Gasteiger partial charge in [0.15, 0.2) is 5.76 Å². The largest absolute Gasteiger partial charge is 0.481 e. The molecule has 0 amide bonds. The van der Waals surface area contributed by atoms with Crippen LogP contribution < -0.4 is 0 Å². The van der Waals surface area contributed by atoms with E-state index in [9.17, 15) is 9.59 Å². The quantitative estimate of drug-likeness (QED) is 0.725. The van der Waals surface area contributed by atoms with Crippen molar-refractivity contribution >= 4 is 11.8 Å². The van der Waals surface area contributed by atoms with Crippen molar-refractivity contribution < 1.29 is 19.1 Å². The fraction of sp³-hybridized carbons (Fsp3) is 0.158. The Labute approximate surface area is 133 Å². The number of hydrogen-bond donors (Lipinski definition) is 1. The predicted octanol–water partition coefficient (Wildman–Crippen LogP) is 3.94. The highest BCUT2D eigenvalue weighted by molar-refractivity contribution is 6.14. The van der Waals surface area contributed by atoms with Crippen LogP contribution in [0.1, 0.15) is 33.7 Å². The first-order valence-electron chi connectivity index (χ1n) is 7.39. The number of aliphatic carboxylic acids is 1. The Balaban J connectivity index is 2.16. The van der Waals surface area contributed by atoms with E-state index in [0.717, 1.165) is 22.3 Å². The van der Waals surface area contributed by atoms with Gasteiger partial charge in [0.1, 0.15) is 0 Å². The molecule has 0 fully saturated rings. The van der Waals surface area contributed by atoms with Gasteiger partial charge in [-0.1, -0.05) is 30.3 Å². The molecule has 0 aliphatic heterocycles. The molecule has 0 saturated heterocycles. The van der Waals surface area contributed by atoms with Gasteiger partial charge in [-0.25, -0.2) is 0 Å². The molecule has 0 bridgehead atoms. The molecule has 1 heterocycles. The first-order valence-corrected chi connectivity index (χ1v) is 7.39. The number of carbonyl (C=O) groups excluding carboxylic acids is 1. The van der Waals surface area contributed by atoms with Gasteiger partial charge in [0, 0.05) is 12.0 Å². The van der Waals surface area contributed by atoms with Crippen molar-refractivity contribution in [3.05, 3.63) is 71.2 Å². The molecule has 116 valence electrons. The maximum absolute atomic E-state index is 12.8. The van der Waals surface area contributed by atoms with Crippen molar-refractivity contribution in [3.63, 3.8) is 0 Å². The number of rotatable bonds is 5. The average Bonchev–Trinajstić information content (AvgIpc) is 3.06. The van der Waals surface area contributed by atoms with Gasteiger partial charge in [0.25, 0.3) is 0 Å². The van der Waals surface area contributed by atoms with Gasteiger partial charge < -0.3 is 9.52 Å². The van der Waals surface area contributed by atoms with Gasteiger partial charge >= 0.3 is 5.97 Å². The van der Waals surface area contributed by atoms with Crippen molar-refractivity contribution in [2.75, 3.05) is 0 Å². The normalized spacial score (nSPS) is 10.8. The van der Waals surface area contributed by atoms with Crippen molar-refractivity contribution in [1.82, 2.24) is 0 Å². The molecule has 0 aromatic carbocycles. The van der Waals surface area contributed by atoms with E-state index in [1.807, 2.05) is 37.3 Å². The Hall–Kier alpha value is -2.88. The third kappa shape index (κ3) is 2.75. The molecule has 3 rings (SSSR count). The van der Waals surface area contributed by atoms with Gasteiger partial charge in [-0.05, 0) is 47.7 Å². The predicted molar refractivity (Wildman–Crippen MR) is 85.9 cm³/mol. The molecule has 0 unspecified atom stereocenters. The zero-order valence-corrected chi connectivity index (χ0v) is 12.7. The van der Waals surface area contributed by atoms with Gasteiger partial charge in [0.2, 0.25) is 5.78 Å². The Bertz CT molecular complexity index is 831. The number of hydrogen-bond acceptors (Lipinski definition) is 3. The minimum Gasteiger partial charge on any atom is -0.481 e. The molecule has 1 aromatic rings. The molecule has 0 saturated carbocycles. The maximum Gasteiger partial charge on any atom is 0.303 e. The third-order valence-corrected chi connectivity index (χ3v) is 4.02. The summed E-state index contributed by atoms with van der Waals surface area (Å²) in [6.45, 7) is 1.87. The second-order valence-corrected chi connectivity index (χ2v) is 5.42. The lowest BCUT2D eigenvalue weighted by molar-refractivity contribution is -0.136. The summed E-state index contributed by atoms with van der Waals surface area (Å²) in [5, 5.41) is 8.97. The number of furan rings is 1. The summed E-state index contributed by atoms with van der Waals surface area (Å²) in [5.74, 6) is -0.737. The van der Waals surface area contributed by atoms with E-state index in [4.69, 9.17) is 9.52 Å². The zero-order valence-electron chi connectivity index (χ0n) is 12.7. The number of carboxylic acids is 1. The number of carbonyl (C=O) groups is 2. The molecular weight excluding hydrogens is 292 g/mol. The van der Waals surface area contributed by atoms with Crippen molar-refractivity contribution in [2.45, 2.75) is 19.8 Å². The highest BCUT2D eigenvalue weighted by Crippen LogP contribution is 2.38. The summed E-state index contributed by atoms with van der Waals surface area (Å²) >= 11 is 0. The summed E-state index contributed by atoms with van der Waals surface area (Å²) in [6.07, 6.45) is 1.90. The van der Waals surface area contributed by atoms with Gasteiger partial charge in [-0.15, -0.1) is 0 Å². The van der Waals surface area contributed by atoms with E-state index in [1.165, 1.54) is 6.26 Å². The molecule has 0 atom stereocenters. The van der Waals surface area contributed by atoms with Crippen LogP contribution in [0.4, 0.5) is 0 Å². The SMILES string of the molecule is Cc1c(CCC(=O)O)c2cccccc-2c1C(=O)c1ccco1. The summed E-state index contributed by atoms with van der Waals surface area (Å²) in [6, 6.07) is 12.8. The number of fused-ring (bicyclic) bond motifs is 1. The van der Waals surface area contributed by atoms with Crippen LogP contribution in [0.25, 0.3) is 11.1 Å². The molecule has 0 spiro atoms. The van der Waals surface area contributed by atoms with Crippen LogP contribution in [0.3, 0.4) is 0 Å². The Morgan fingerprint density at radius 1 is 1.04 bits per heavy atom.